The zero-order valence-corrected chi connectivity index (χ0v) is 11.3. The van der Waals surface area contributed by atoms with Crippen LogP contribution in [0.2, 0.25) is 0 Å². The van der Waals surface area contributed by atoms with Gasteiger partial charge in [-0.3, -0.25) is 4.79 Å². The van der Waals surface area contributed by atoms with Gasteiger partial charge in [-0.25, -0.2) is 0 Å². The van der Waals surface area contributed by atoms with Crippen LogP contribution in [0.25, 0.3) is 0 Å². The molecule has 0 bridgehead atoms. The van der Waals surface area contributed by atoms with Gasteiger partial charge in [-0.1, -0.05) is 41.9 Å². The molecule has 1 aromatic carbocycles. The molecule has 0 radical (unpaired) electrons. The van der Waals surface area contributed by atoms with Gasteiger partial charge in [0, 0.05) is 0 Å². The van der Waals surface area contributed by atoms with Crippen LogP contribution in [0.3, 0.4) is 0 Å². The van der Waals surface area contributed by atoms with E-state index in [2.05, 4.69) is 35.1 Å². The number of para-hydroxylation sites is 1. The lowest BCUT2D eigenvalue weighted by Crippen LogP contribution is -2.13. The van der Waals surface area contributed by atoms with Gasteiger partial charge in [-0.2, -0.15) is 0 Å². The highest BCUT2D eigenvalue weighted by atomic mass is 79.9. The number of alkyl halides is 1. The number of amides is 1. The third-order valence-electron chi connectivity index (χ3n) is 2.27. The van der Waals surface area contributed by atoms with Crippen molar-refractivity contribution in [1.82, 2.24) is 0 Å². The molecule has 1 rings (SSSR count). The average Bonchev–Trinajstić information content (AvgIpc) is 2.28. The second-order valence-corrected chi connectivity index (χ2v) is 4.33. The van der Waals surface area contributed by atoms with Crippen LogP contribution in [0, 0.1) is 0 Å². The van der Waals surface area contributed by atoms with Crippen molar-refractivity contribution in [3.05, 3.63) is 23.8 Å². The molecular weight excluding hydrogens is 270 g/mol. The number of anilines is 1. The largest absolute Gasteiger partial charge is 0.494 e. The Hall–Kier alpha value is -1.03. The van der Waals surface area contributed by atoms with Gasteiger partial charge >= 0.3 is 0 Å². The zero-order chi connectivity index (χ0) is 12.1. The number of nitrogens with one attached hydrogen (secondary N) is 1. The number of benzene rings is 1. The van der Waals surface area contributed by atoms with E-state index in [-0.39, 0.29) is 11.2 Å². The summed E-state index contributed by atoms with van der Waals surface area (Å²) >= 11 is 3.11. The smallest absolute Gasteiger partial charge is 0.235 e. The third-order valence-corrected chi connectivity index (χ3v) is 2.78. The number of ether oxygens (including phenoxy) is 1. The van der Waals surface area contributed by atoms with Crippen molar-refractivity contribution >= 4 is 27.5 Å². The molecule has 0 aliphatic heterocycles. The monoisotopic (exact) mass is 285 g/mol. The van der Waals surface area contributed by atoms with Crippen LogP contribution in [-0.2, 0) is 4.79 Å². The number of halogens is 1. The van der Waals surface area contributed by atoms with Crippen molar-refractivity contribution in [3.8, 4) is 5.75 Å². The Morgan fingerprint density at radius 3 is 2.69 bits per heavy atom. The van der Waals surface area contributed by atoms with Crippen LogP contribution in [-0.4, -0.2) is 18.3 Å². The van der Waals surface area contributed by atoms with Crippen molar-refractivity contribution in [2.24, 2.45) is 0 Å². The van der Waals surface area contributed by atoms with Gasteiger partial charge in [-0.15, -0.1) is 0 Å². The predicted molar refractivity (Wildman–Crippen MR) is 69.5 cm³/mol. The maximum absolute atomic E-state index is 11.3. The van der Waals surface area contributed by atoms with Gasteiger partial charge < -0.3 is 10.1 Å². The fourth-order valence-electron chi connectivity index (χ4n) is 1.52. The van der Waals surface area contributed by atoms with Crippen molar-refractivity contribution in [2.45, 2.75) is 19.8 Å². The molecule has 1 N–H and O–H groups in total. The summed E-state index contributed by atoms with van der Waals surface area (Å²) in [6, 6.07) is 5.76. The Labute approximate surface area is 104 Å². The van der Waals surface area contributed by atoms with E-state index in [9.17, 15) is 4.79 Å². The lowest BCUT2D eigenvalue weighted by molar-refractivity contribution is -0.113. The molecule has 88 valence electrons. The molecular formula is C12H16BrNO2. The summed E-state index contributed by atoms with van der Waals surface area (Å²) in [5, 5.41) is 3.08. The van der Waals surface area contributed by atoms with E-state index in [1.807, 2.05) is 18.2 Å². The summed E-state index contributed by atoms with van der Waals surface area (Å²) in [6.07, 6.45) is 0. The normalized spacial score (nSPS) is 10.3. The molecule has 0 aliphatic carbocycles. The molecule has 3 nitrogen and oxygen atoms in total. The molecule has 0 spiro atoms. The van der Waals surface area contributed by atoms with Crippen LogP contribution < -0.4 is 10.1 Å². The predicted octanol–water partition coefficient (Wildman–Crippen LogP) is 3.15. The topological polar surface area (TPSA) is 38.3 Å². The highest BCUT2D eigenvalue weighted by Crippen LogP contribution is 2.33. The first-order valence-corrected chi connectivity index (χ1v) is 6.25. The number of carbonyl (C=O) groups is 1. The Balaban J connectivity index is 3.08. The Morgan fingerprint density at radius 1 is 1.50 bits per heavy atom. The lowest BCUT2D eigenvalue weighted by Gasteiger charge is -2.16. The molecule has 16 heavy (non-hydrogen) atoms. The van der Waals surface area contributed by atoms with Crippen LogP contribution in [0.4, 0.5) is 5.69 Å². The highest BCUT2D eigenvalue weighted by Gasteiger charge is 2.12. The van der Waals surface area contributed by atoms with Gasteiger partial charge in [-0.05, 0) is 17.5 Å². The average molecular weight is 286 g/mol. The maximum atomic E-state index is 11.3. The summed E-state index contributed by atoms with van der Waals surface area (Å²) < 4.78 is 5.35. The summed E-state index contributed by atoms with van der Waals surface area (Å²) in [4.78, 5) is 11.3. The molecule has 0 unspecified atom stereocenters. The molecule has 1 amide bonds. The zero-order valence-electron chi connectivity index (χ0n) is 9.71. The third kappa shape index (κ3) is 2.98. The van der Waals surface area contributed by atoms with Crippen molar-refractivity contribution < 1.29 is 9.53 Å². The first-order valence-electron chi connectivity index (χ1n) is 5.12. The number of hydrogen-bond acceptors (Lipinski definition) is 2. The first-order chi connectivity index (χ1) is 7.60. The number of carbonyl (C=O) groups excluding carboxylic acids is 1. The number of rotatable bonds is 4. The Kier molecular flexibility index (Phi) is 4.80. The summed E-state index contributed by atoms with van der Waals surface area (Å²) in [5.41, 5.74) is 1.81. The fraction of sp³-hybridized carbons (Fsp3) is 0.417. The molecule has 0 aliphatic rings. The first kappa shape index (κ1) is 13.0. The minimum atomic E-state index is -0.0841. The molecule has 4 heteroatoms. The van der Waals surface area contributed by atoms with Crippen LogP contribution >= 0.6 is 15.9 Å². The van der Waals surface area contributed by atoms with Crippen LogP contribution in [0.15, 0.2) is 18.2 Å². The summed E-state index contributed by atoms with van der Waals surface area (Å²) in [6.45, 7) is 4.18. The maximum Gasteiger partial charge on any atom is 0.235 e. The van der Waals surface area contributed by atoms with Crippen molar-refractivity contribution in [2.75, 3.05) is 17.8 Å². The molecule has 0 heterocycles. The lowest BCUT2D eigenvalue weighted by atomic mass is 10.0. The molecule has 0 atom stereocenters. The van der Waals surface area contributed by atoms with Gasteiger partial charge in [0.2, 0.25) is 5.91 Å². The second-order valence-electron chi connectivity index (χ2n) is 3.76. The fourth-order valence-corrected chi connectivity index (χ4v) is 1.66. The van der Waals surface area contributed by atoms with E-state index in [0.717, 1.165) is 17.0 Å². The standard InChI is InChI=1S/C12H16BrNO2/c1-8(2)9-5-4-6-10(12(9)16-3)14-11(15)7-13/h4-6,8H,7H2,1-3H3,(H,14,15). The van der Waals surface area contributed by atoms with Gasteiger partial charge in [0.15, 0.2) is 0 Å². The van der Waals surface area contributed by atoms with Gasteiger partial charge in [0.25, 0.3) is 0 Å². The Bertz CT molecular complexity index is 377. The SMILES string of the molecule is COc1c(NC(=O)CBr)cccc1C(C)C. The highest BCUT2D eigenvalue weighted by molar-refractivity contribution is 9.09. The minimum absolute atomic E-state index is 0.0841. The van der Waals surface area contributed by atoms with Crippen molar-refractivity contribution in [3.63, 3.8) is 0 Å². The molecule has 0 saturated heterocycles. The number of hydrogen-bond donors (Lipinski definition) is 1. The van der Waals surface area contributed by atoms with E-state index < -0.39 is 0 Å². The van der Waals surface area contributed by atoms with E-state index in [1.54, 1.807) is 7.11 Å². The summed E-state index contributed by atoms with van der Waals surface area (Å²) in [5.74, 6) is 1.02. The molecule has 0 fully saturated rings. The minimum Gasteiger partial charge on any atom is -0.494 e. The quantitative estimate of drug-likeness (QED) is 0.863. The second kappa shape index (κ2) is 5.89. The van der Waals surface area contributed by atoms with E-state index in [0.29, 0.717) is 5.92 Å². The molecule has 0 saturated carbocycles. The van der Waals surface area contributed by atoms with Crippen molar-refractivity contribution in [1.29, 1.82) is 0 Å². The van der Waals surface area contributed by atoms with E-state index in [1.165, 1.54) is 0 Å². The molecule has 0 aromatic heterocycles. The van der Waals surface area contributed by atoms with Crippen LogP contribution in [0.5, 0.6) is 5.75 Å². The van der Waals surface area contributed by atoms with E-state index >= 15 is 0 Å². The summed E-state index contributed by atoms with van der Waals surface area (Å²) in [7, 11) is 1.62. The van der Waals surface area contributed by atoms with Gasteiger partial charge in [0.05, 0.1) is 18.1 Å². The van der Waals surface area contributed by atoms with Crippen LogP contribution in [0.1, 0.15) is 25.3 Å². The van der Waals surface area contributed by atoms with Gasteiger partial charge in [0.1, 0.15) is 5.75 Å². The Morgan fingerprint density at radius 2 is 2.19 bits per heavy atom. The molecule has 1 aromatic rings. The number of methoxy groups -OCH3 is 1. The van der Waals surface area contributed by atoms with E-state index in [4.69, 9.17) is 4.74 Å².